The molecule has 2 aromatic heterocycles. The summed E-state index contributed by atoms with van der Waals surface area (Å²) >= 11 is 0. The summed E-state index contributed by atoms with van der Waals surface area (Å²) in [4.78, 5) is 23.0. The molecule has 7 nitrogen and oxygen atoms in total. The topological polar surface area (TPSA) is 103 Å². The molecule has 0 unspecified atom stereocenters. The van der Waals surface area contributed by atoms with E-state index in [4.69, 9.17) is 10.2 Å². The van der Waals surface area contributed by atoms with Crippen molar-refractivity contribution >= 4 is 28.6 Å². The van der Waals surface area contributed by atoms with Gasteiger partial charge in [0.15, 0.2) is 5.82 Å². The number of benzene rings is 1. The molecule has 3 aromatic rings. The third kappa shape index (κ3) is 3.20. The summed E-state index contributed by atoms with van der Waals surface area (Å²) in [6.45, 7) is 0.332. The average Bonchev–Trinajstić information content (AvgIpc) is 3.11. The molecule has 2 heterocycles. The smallest absolute Gasteiger partial charge is 0.260 e. The highest BCUT2D eigenvalue weighted by Gasteiger charge is 2.15. The van der Waals surface area contributed by atoms with Gasteiger partial charge >= 0.3 is 0 Å². The number of aromatic nitrogens is 2. The van der Waals surface area contributed by atoms with Gasteiger partial charge in [-0.1, -0.05) is 0 Å². The molecular formula is C15H13FN4O3. The van der Waals surface area contributed by atoms with Gasteiger partial charge in [-0.3, -0.25) is 14.3 Å². The van der Waals surface area contributed by atoms with E-state index in [-0.39, 0.29) is 12.0 Å². The van der Waals surface area contributed by atoms with E-state index in [2.05, 4.69) is 10.4 Å². The number of hydrogen-bond acceptors (Lipinski definition) is 4. The van der Waals surface area contributed by atoms with Gasteiger partial charge in [0.2, 0.25) is 5.91 Å². The predicted octanol–water partition coefficient (Wildman–Crippen LogP) is 1.90. The zero-order valence-corrected chi connectivity index (χ0v) is 12.0. The Kier molecular flexibility index (Phi) is 3.80. The van der Waals surface area contributed by atoms with E-state index < -0.39 is 17.6 Å². The lowest BCUT2D eigenvalue weighted by Crippen LogP contribution is -2.15. The van der Waals surface area contributed by atoms with Gasteiger partial charge in [-0.25, -0.2) is 4.39 Å². The highest BCUT2D eigenvalue weighted by atomic mass is 19.1. The van der Waals surface area contributed by atoms with E-state index in [1.165, 1.54) is 29.1 Å². The first-order valence-electron chi connectivity index (χ1n) is 6.83. The summed E-state index contributed by atoms with van der Waals surface area (Å²) < 4.78 is 19.8. The molecule has 0 aliphatic carbocycles. The van der Waals surface area contributed by atoms with Gasteiger partial charge in [0.05, 0.1) is 5.56 Å². The van der Waals surface area contributed by atoms with E-state index >= 15 is 0 Å². The first kappa shape index (κ1) is 14.8. The first-order valence-corrected chi connectivity index (χ1v) is 6.83. The van der Waals surface area contributed by atoms with Gasteiger partial charge in [-0.15, -0.1) is 0 Å². The molecule has 2 amide bonds. The molecule has 8 heteroatoms. The lowest BCUT2D eigenvalue weighted by Gasteiger charge is -2.01. The zero-order valence-electron chi connectivity index (χ0n) is 12.0. The normalized spacial score (nSPS) is 10.8. The Morgan fingerprint density at radius 3 is 2.96 bits per heavy atom. The SMILES string of the molecule is NC(=O)CCn1ccc(NC(=O)c2coc3cc(F)ccc23)n1. The molecule has 3 N–H and O–H groups in total. The third-order valence-corrected chi connectivity index (χ3v) is 3.25. The number of nitrogens with one attached hydrogen (secondary N) is 1. The maximum atomic E-state index is 13.1. The van der Waals surface area contributed by atoms with Crippen molar-refractivity contribution in [2.24, 2.45) is 5.73 Å². The summed E-state index contributed by atoms with van der Waals surface area (Å²) in [6.07, 6.45) is 3.05. The number of aryl methyl sites for hydroxylation is 1. The van der Waals surface area contributed by atoms with Crippen LogP contribution in [0.5, 0.6) is 0 Å². The van der Waals surface area contributed by atoms with Crippen molar-refractivity contribution < 1.29 is 18.4 Å². The van der Waals surface area contributed by atoms with Gasteiger partial charge in [-0.05, 0) is 12.1 Å². The van der Waals surface area contributed by atoms with Gasteiger partial charge in [0, 0.05) is 36.7 Å². The Morgan fingerprint density at radius 2 is 2.17 bits per heavy atom. The van der Waals surface area contributed by atoms with Gasteiger partial charge in [-0.2, -0.15) is 5.10 Å². The molecule has 118 valence electrons. The van der Waals surface area contributed by atoms with E-state index in [1.54, 1.807) is 12.3 Å². The van der Waals surface area contributed by atoms with Crippen LogP contribution in [0.1, 0.15) is 16.8 Å². The number of furan rings is 1. The van der Waals surface area contributed by atoms with E-state index in [9.17, 15) is 14.0 Å². The number of hydrogen-bond donors (Lipinski definition) is 2. The molecule has 0 bridgehead atoms. The minimum atomic E-state index is -0.438. The van der Waals surface area contributed by atoms with Crippen molar-refractivity contribution in [3.8, 4) is 0 Å². The van der Waals surface area contributed by atoms with Gasteiger partial charge in [0.1, 0.15) is 17.7 Å². The number of anilines is 1. The lowest BCUT2D eigenvalue weighted by atomic mass is 10.1. The minimum absolute atomic E-state index is 0.160. The van der Waals surface area contributed by atoms with Crippen LogP contribution >= 0.6 is 0 Å². The summed E-state index contributed by atoms with van der Waals surface area (Å²) in [5.74, 6) is -0.957. The van der Waals surface area contributed by atoms with Crippen LogP contribution < -0.4 is 11.1 Å². The molecule has 23 heavy (non-hydrogen) atoms. The summed E-state index contributed by atoms with van der Waals surface area (Å²) in [6, 6.07) is 5.55. The van der Waals surface area contributed by atoms with Crippen LogP contribution in [-0.4, -0.2) is 21.6 Å². The summed E-state index contributed by atoms with van der Waals surface area (Å²) in [5.41, 5.74) is 5.65. The molecule has 0 aliphatic heterocycles. The fourth-order valence-electron chi connectivity index (χ4n) is 2.14. The van der Waals surface area contributed by atoms with Crippen molar-refractivity contribution in [3.05, 3.63) is 48.1 Å². The van der Waals surface area contributed by atoms with Crippen molar-refractivity contribution in [1.82, 2.24) is 9.78 Å². The average molecular weight is 316 g/mol. The van der Waals surface area contributed by atoms with Crippen molar-refractivity contribution in [2.45, 2.75) is 13.0 Å². The van der Waals surface area contributed by atoms with E-state index in [0.29, 0.717) is 23.3 Å². The molecular weight excluding hydrogens is 303 g/mol. The molecule has 0 atom stereocenters. The third-order valence-electron chi connectivity index (χ3n) is 3.25. The molecule has 0 spiro atoms. The van der Waals surface area contributed by atoms with Crippen molar-refractivity contribution in [3.63, 3.8) is 0 Å². The Labute approximate surface area is 129 Å². The fraction of sp³-hybridized carbons (Fsp3) is 0.133. The van der Waals surface area contributed by atoms with Crippen LogP contribution in [0, 0.1) is 5.82 Å². The quantitative estimate of drug-likeness (QED) is 0.750. The van der Waals surface area contributed by atoms with Crippen LogP contribution in [0.15, 0.2) is 41.1 Å². The Hall–Kier alpha value is -3.16. The molecule has 1 aromatic carbocycles. The number of nitrogens with zero attached hydrogens (tertiary/aromatic N) is 2. The highest BCUT2D eigenvalue weighted by Crippen LogP contribution is 2.22. The maximum Gasteiger partial charge on any atom is 0.260 e. The number of nitrogens with two attached hydrogens (primary N) is 1. The second kappa shape index (κ2) is 5.91. The van der Waals surface area contributed by atoms with Crippen LogP contribution in [0.4, 0.5) is 10.2 Å². The number of carbonyl (C=O) groups is 2. The monoisotopic (exact) mass is 316 g/mol. The highest BCUT2D eigenvalue weighted by molar-refractivity contribution is 6.11. The standard InChI is InChI=1S/C15H13FN4O3/c16-9-1-2-10-11(8-23-12(10)7-9)15(22)18-14-4-6-20(19-14)5-3-13(17)21/h1-2,4,6-8H,3,5H2,(H2,17,21)(H,18,19,22). The predicted molar refractivity (Wildman–Crippen MR) is 80.2 cm³/mol. The number of rotatable bonds is 5. The molecule has 0 radical (unpaired) electrons. The molecule has 0 aliphatic rings. The fourth-order valence-corrected chi connectivity index (χ4v) is 2.14. The number of primary amides is 1. The number of halogens is 1. The largest absolute Gasteiger partial charge is 0.463 e. The van der Waals surface area contributed by atoms with E-state index in [1.807, 2.05) is 0 Å². The van der Waals surface area contributed by atoms with Crippen LogP contribution in [0.25, 0.3) is 11.0 Å². The van der Waals surface area contributed by atoms with E-state index in [0.717, 1.165) is 0 Å². The lowest BCUT2D eigenvalue weighted by molar-refractivity contribution is -0.118. The van der Waals surface area contributed by atoms with Crippen molar-refractivity contribution in [2.75, 3.05) is 5.32 Å². The minimum Gasteiger partial charge on any atom is -0.463 e. The van der Waals surface area contributed by atoms with Crippen LogP contribution in [0.2, 0.25) is 0 Å². The van der Waals surface area contributed by atoms with Gasteiger partial charge in [0.25, 0.3) is 5.91 Å². The Morgan fingerprint density at radius 1 is 1.35 bits per heavy atom. The number of carbonyl (C=O) groups excluding carboxylic acids is 2. The molecule has 0 fully saturated rings. The number of fused-ring (bicyclic) bond motifs is 1. The summed E-state index contributed by atoms with van der Waals surface area (Å²) in [5, 5.41) is 7.24. The first-order chi connectivity index (χ1) is 11.0. The van der Waals surface area contributed by atoms with Crippen LogP contribution in [-0.2, 0) is 11.3 Å². The number of amides is 2. The molecule has 0 saturated carbocycles. The summed E-state index contributed by atoms with van der Waals surface area (Å²) in [7, 11) is 0. The molecule has 0 saturated heterocycles. The van der Waals surface area contributed by atoms with Gasteiger partial charge < -0.3 is 15.5 Å². The second-order valence-corrected chi connectivity index (χ2v) is 4.92. The molecule has 3 rings (SSSR count). The second-order valence-electron chi connectivity index (χ2n) is 4.92. The Balaban J connectivity index is 1.74. The Bertz CT molecular complexity index is 884. The maximum absolute atomic E-state index is 13.1. The zero-order chi connectivity index (χ0) is 16.4. The van der Waals surface area contributed by atoms with Crippen molar-refractivity contribution in [1.29, 1.82) is 0 Å². The van der Waals surface area contributed by atoms with Crippen LogP contribution in [0.3, 0.4) is 0 Å².